The molecule has 0 saturated heterocycles. The second-order valence-corrected chi connectivity index (χ2v) is 11.8. The molecule has 3 heterocycles. The van der Waals surface area contributed by atoms with E-state index in [4.69, 9.17) is 21.1 Å². The molecule has 5 rings (SSSR count). The van der Waals surface area contributed by atoms with Crippen LogP contribution in [0, 0.1) is 19.8 Å². The van der Waals surface area contributed by atoms with Gasteiger partial charge in [0, 0.05) is 42.1 Å². The summed E-state index contributed by atoms with van der Waals surface area (Å²) < 4.78 is 12.9. The molecule has 1 aromatic heterocycles. The van der Waals surface area contributed by atoms with Crippen molar-refractivity contribution in [3.05, 3.63) is 49.4 Å². The van der Waals surface area contributed by atoms with Crippen LogP contribution in [-0.2, 0) is 13.0 Å². The van der Waals surface area contributed by atoms with E-state index in [-0.39, 0.29) is 18.0 Å². The number of aromatic amines is 1. The van der Waals surface area contributed by atoms with Gasteiger partial charge in [-0.1, -0.05) is 11.6 Å². The SMILES string of the molecule is CSc1cc(C)[nH]c(=O)c1CN1CCc2c(Cl)c3c(c(C)c2C1=O)OC1(CCC(CN(C)C)CC1)O3. The Labute approximate surface area is 221 Å². The van der Waals surface area contributed by atoms with Gasteiger partial charge in [-0.2, -0.15) is 0 Å². The summed E-state index contributed by atoms with van der Waals surface area (Å²) in [6.45, 7) is 5.59. The molecule has 1 saturated carbocycles. The van der Waals surface area contributed by atoms with Crippen molar-refractivity contribution >= 4 is 29.3 Å². The highest BCUT2D eigenvalue weighted by atomic mass is 35.5. The summed E-state index contributed by atoms with van der Waals surface area (Å²) in [5.41, 5.74) is 3.45. The molecule has 1 N–H and O–H groups in total. The van der Waals surface area contributed by atoms with Gasteiger partial charge in [-0.25, -0.2) is 0 Å². The number of carbonyl (C=O) groups is 1. The van der Waals surface area contributed by atoms with Crippen molar-refractivity contribution in [3.63, 3.8) is 0 Å². The maximum Gasteiger partial charge on any atom is 0.254 e. The Hall–Kier alpha value is -2.16. The summed E-state index contributed by atoms with van der Waals surface area (Å²) in [5, 5.41) is 0.490. The van der Waals surface area contributed by atoms with Gasteiger partial charge in [0.2, 0.25) is 0 Å². The third-order valence-electron chi connectivity index (χ3n) is 7.69. The van der Waals surface area contributed by atoms with Crippen molar-refractivity contribution in [1.82, 2.24) is 14.8 Å². The van der Waals surface area contributed by atoms with Crippen LogP contribution in [0.1, 0.15) is 58.4 Å². The van der Waals surface area contributed by atoms with E-state index in [1.807, 2.05) is 26.2 Å². The molecule has 2 aromatic rings. The zero-order chi connectivity index (χ0) is 25.8. The van der Waals surface area contributed by atoms with E-state index in [0.717, 1.165) is 53.9 Å². The lowest BCUT2D eigenvalue weighted by atomic mass is 9.85. The van der Waals surface area contributed by atoms with Crippen LogP contribution in [0.3, 0.4) is 0 Å². The monoisotopic (exact) mass is 531 g/mol. The Kier molecular flexibility index (Phi) is 6.81. The van der Waals surface area contributed by atoms with Gasteiger partial charge in [-0.3, -0.25) is 9.59 Å². The summed E-state index contributed by atoms with van der Waals surface area (Å²) in [7, 11) is 4.21. The standard InChI is InChI=1S/C27H34ClN3O4S/c1-15-12-20(36-5)19(25(32)29-15)14-31-11-8-18-21(26(31)33)16(2)23-24(22(18)28)35-27(34-23)9-6-17(7-10-27)13-30(3)4/h12,17H,6-11,13-14H2,1-5H3,(H,29,32). The topological polar surface area (TPSA) is 74.9 Å². The molecule has 36 heavy (non-hydrogen) atoms. The number of amides is 1. The molecule has 3 aliphatic rings. The Morgan fingerprint density at radius 2 is 1.89 bits per heavy atom. The molecule has 0 radical (unpaired) electrons. The van der Waals surface area contributed by atoms with Crippen LogP contribution in [0.15, 0.2) is 15.8 Å². The summed E-state index contributed by atoms with van der Waals surface area (Å²) in [4.78, 5) is 34.2. The number of aromatic nitrogens is 1. The highest BCUT2D eigenvalue weighted by Gasteiger charge is 2.48. The zero-order valence-corrected chi connectivity index (χ0v) is 23.2. The van der Waals surface area contributed by atoms with Crippen LogP contribution in [0.4, 0.5) is 0 Å². The molecule has 9 heteroatoms. The van der Waals surface area contributed by atoms with Crippen molar-refractivity contribution < 1.29 is 14.3 Å². The Morgan fingerprint density at radius 3 is 2.56 bits per heavy atom. The zero-order valence-electron chi connectivity index (χ0n) is 21.6. The van der Waals surface area contributed by atoms with Crippen LogP contribution < -0.4 is 15.0 Å². The fourth-order valence-electron chi connectivity index (χ4n) is 5.87. The Morgan fingerprint density at radius 1 is 1.19 bits per heavy atom. The molecule has 1 aromatic carbocycles. The highest BCUT2D eigenvalue weighted by Crippen LogP contribution is 2.54. The first-order valence-corrected chi connectivity index (χ1v) is 14.2. The molecule has 0 atom stereocenters. The van der Waals surface area contributed by atoms with E-state index in [9.17, 15) is 9.59 Å². The van der Waals surface area contributed by atoms with E-state index in [2.05, 4.69) is 24.0 Å². The normalized spacial score (nSPS) is 23.0. The summed E-state index contributed by atoms with van der Waals surface area (Å²) in [6, 6.07) is 1.96. The number of fused-ring (bicyclic) bond motifs is 2. The number of benzene rings is 1. The minimum Gasteiger partial charge on any atom is -0.448 e. The van der Waals surface area contributed by atoms with Gasteiger partial charge in [0.1, 0.15) is 0 Å². The Balaban J connectivity index is 1.42. The number of ether oxygens (including phenoxy) is 2. The van der Waals surface area contributed by atoms with Crippen LogP contribution >= 0.6 is 23.4 Å². The number of nitrogens with zero attached hydrogens (tertiary/aromatic N) is 2. The first-order chi connectivity index (χ1) is 17.1. The fourth-order valence-corrected chi connectivity index (χ4v) is 6.89. The number of hydrogen-bond donors (Lipinski definition) is 1. The smallest absolute Gasteiger partial charge is 0.254 e. The third kappa shape index (κ3) is 4.41. The molecular weight excluding hydrogens is 498 g/mol. The number of H-pyrrole nitrogens is 1. The van der Waals surface area contributed by atoms with Crippen LogP contribution in [-0.4, -0.2) is 59.9 Å². The number of rotatable bonds is 5. The van der Waals surface area contributed by atoms with E-state index < -0.39 is 5.79 Å². The molecule has 0 unspecified atom stereocenters. The number of halogens is 1. The molecule has 1 fully saturated rings. The average Bonchev–Trinajstić information content (AvgIpc) is 3.21. The Bertz CT molecular complexity index is 1270. The molecule has 1 spiro atoms. The third-order valence-corrected chi connectivity index (χ3v) is 8.89. The number of nitrogens with one attached hydrogen (secondary N) is 1. The van der Waals surface area contributed by atoms with Gasteiger partial charge in [0.15, 0.2) is 11.5 Å². The van der Waals surface area contributed by atoms with Crippen molar-refractivity contribution in [2.24, 2.45) is 5.92 Å². The lowest BCUT2D eigenvalue weighted by Gasteiger charge is -2.36. The molecule has 1 aliphatic carbocycles. The summed E-state index contributed by atoms with van der Waals surface area (Å²) in [6.07, 6.45) is 6.20. The second kappa shape index (κ2) is 9.62. The second-order valence-electron chi connectivity index (χ2n) is 10.6. The van der Waals surface area contributed by atoms with Crippen molar-refractivity contribution in [2.45, 2.75) is 63.2 Å². The van der Waals surface area contributed by atoms with E-state index >= 15 is 0 Å². The first kappa shape index (κ1) is 25.5. The average molecular weight is 532 g/mol. The summed E-state index contributed by atoms with van der Waals surface area (Å²) >= 11 is 8.39. The quantitative estimate of drug-likeness (QED) is 0.559. The molecule has 0 bridgehead atoms. The van der Waals surface area contributed by atoms with Gasteiger partial charge >= 0.3 is 0 Å². The van der Waals surface area contributed by atoms with Gasteiger partial charge in [-0.05, 0) is 71.0 Å². The van der Waals surface area contributed by atoms with Gasteiger partial charge < -0.3 is 24.3 Å². The predicted molar refractivity (Wildman–Crippen MR) is 143 cm³/mol. The van der Waals surface area contributed by atoms with E-state index in [1.165, 1.54) is 11.8 Å². The minimum atomic E-state index is -0.700. The predicted octanol–water partition coefficient (Wildman–Crippen LogP) is 4.78. The van der Waals surface area contributed by atoms with Crippen LogP contribution in [0.2, 0.25) is 5.02 Å². The number of aryl methyl sites for hydroxylation is 1. The molecule has 7 nitrogen and oxygen atoms in total. The van der Waals surface area contributed by atoms with Gasteiger partial charge in [0.25, 0.3) is 17.3 Å². The first-order valence-electron chi connectivity index (χ1n) is 12.6. The molecule has 194 valence electrons. The lowest BCUT2D eigenvalue weighted by Crippen LogP contribution is -2.43. The lowest BCUT2D eigenvalue weighted by molar-refractivity contribution is -0.114. The van der Waals surface area contributed by atoms with Crippen molar-refractivity contribution in [3.8, 4) is 11.5 Å². The van der Waals surface area contributed by atoms with Crippen LogP contribution in [0.5, 0.6) is 11.5 Å². The van der Waals surface area contributed by atoms with Crippen molar-refractivity contribution in [1.29, 1.82) is 0 Å². The molecule has 1 amide bonds. The maximum absolute atomic E-state index is 13.7. The fraction of sp³-hybridized carbons (Fsp3) is 0.556. The van der Waals surface area contributed by atoms with Gasteiger partial charge in [0.05, 0.1) is 22.7 Å². The maximum atomic E-state index is 13.7. The molecule has 2 aliphatic heterocycles. The molecular formula is C27H34ClN3O4S. The van der Waals surface area contributed by atoms with Crippen molar-refractivity contribution in [2.75, 3.05) is 33.4 Å². The summed E-state index contributed by atoms with van der Waals surface area (Å²) in [5.74, 6) is 0.981. The largest absolute Gasteiger partial charge is 0.448 e. The van der Waals surface area contributed by atoms with Crippen LogP contribution in [0.25, 0.3) is 0 Å². The number of carbonyl (C=O) groups excluding carboxylic acids is 1. The number of thioether (sulfide) groups is 1. The van der Waals surface area contributed by atoms with E-state index in [1.54, 1.807) is 4.90 Å². The number of hydrogen-bond acceptors (Lipinski definition) is 6. The van der Waals surface area contributed by atoms with E-state index in [0.29, 0.717) is 46.5 Å². The number of pyridine rings is 1. The highest BCUT2D eigenvalue weighted by molar-refractivity contribution is 7.98. The van der Waals surface area contributed by atoms with Gasteiger partial charge in [-0.15, -0.1) is 11.8 Å². The minimum absolute atomic E-state index is 0.121.